The van der Waals surface area contributed by atoms with Gasteiger partial charge in [0.25, 0.3) is 0 Å². The smallest absolute Gasteiger partial charge is 0.309 e. The number of benzene rings is 1. The Hall–Kier alpha value is -2.84. The molecule has 0 spiro atoms. The Morgan fingerprint density at radius 3 is 2.55 bits per heavy atom. The maximum atomic E-state index is 12.9. The number of nitrogens with zero attached hydrogens (tertiary/aromatic N) is 3. The normalized spacial score (nSPS) is 11.7. The van der Waals surface area contributed by atoms with Crippen molar-refractivity contribution in [2.24, 2.45) is 0 Å². The van der Waals surface area contributed by atoms with Crippen molar-refractivity contribution in [2.75, 3.05) is 26.8 Å². The lowest BCUT2D eigenvalue weighted by molar-refractivity contribution is -0.136. The van der Waals surface area contributed by atoms with Gasteiger partial charge in [0.15, 0.2) is 0 Å². The standard InChI is InChI=1S/C23H25N3O5S2/c1-4-25(11-12-31-3)33(29,30)19-7-5-18(6-8-19)32-23-16(2)20(14-22(27)28)26-10-9-17(15-24)13-21(23)26/h5-10,13H,4,11-12,14H2,1-3H3,(H,27,28). The van der Waals surface area contributed by atoms with Gasteiger partial charge in [0.1, 0.15) is 0 Å². The molecule has 0 amide bonds. The number of fused-ring (bicyclic) bond motifs is 1. The first-order chi connectivity index (χ1) is 15.7. The molecule has 1 N–H and O–H groups in total. The van der Waals surface area contributed by atoms with Crippen molar-refractivity contribution in [2.45, 2.75) is 35.0 Å². The van der Waals surface area contributed by atoms with Gasteiger partial charge in [-0.05, 0) is 48.9 Å². The highest BCUT2D eigenvalue weighted by molar-refractivity contribution is 7.99. The van der Waals surface area contributed by atoms with Crippen molar-refractivity contribution in [1.29, 1.82) is 5.26 Å². The molecule has 2 heterocycles. The number of carboxylic acids is 1. The van der Waals surface area contributed by atoms with Gasteiger partial charge in [0, 0.05) is 41.9 Å². The second-order valence-corrected chi connectivity index (χ2v) is 10.3. The number of sulfonamides is 1. The number of likely N-dealkylation sites (N-methyl/N-ethyl adjacent to an activating group) is 1. The molecule has 8 nitrogen and oxygen atoms in total. The lowest BCUT2D eigenvalue weighted by Crippen LogP contribution is -2.33. The molecular formula is C23H25N3O5S2. The van der Waals surface area contributed by atoms with E-state index >= 15 is 0 Å². The van der Waals surface area contributed by atoms with Gasteiger partial charge in [-0.1, -0.05) is 18.7 Å². The van der Waals surface area contributed by atoms with E-state index in [2.05, 4.69) is 6.07 Å². The van der Waals surface area contributed by atoms with Crippen LogP contribution in [0.5, 0.6) is 0 Å². The monoisotopic (exact) mass is 487 g/mol. The molecule has 0 unspecified atom stereocenters. The third-order valence-electron chi connectivity index (χ3n) is 5.28. The van der Waals surface area contributed by atoms with Crippen LogP contribution in [-0.4, -0.2) is 55.0 Å². The SMILES string of the molecule is CCN(CCOC)S(=O)(=O)c1ccc(Sc2c(C)c(CC(=O)O)n3ccc(C#N)cc23)cc1. The molecule has 10 heteroatoms. The molecule has 0 aliphatic rings. The van der Waals surface area contributed by atoms with Crippen molar-refractivity contribution in [3.63, 3.8) is 0 Å². The molecule has 0 atom stereocenters. The van der Waals surface area contributed by atoms with Gasteiger partial charge in [-0.25, -0.2) is 8.42 Å². The highest BCUT2D eigenvalue weighted by atomic mass is 32.2. The molecular weight excluding hydrogens is 462 g/mol. The highest BCUT2D eigenvalue weighted by Crippen LogP contribution is 2.38. The summed E-state index contributed by atoms with van der Waals surface area (Å²) in [6.45, 7) is 4.56. The number of pyridine rings is 1. The first-order valence-electron chi connectivity index (χ1n) is 10.2. The van der Waals surface area contributed by atoms with Gasteiger partial charge in [-0.2, -0.15) is 9.57 Å². The van der Waals surface area contributed by atoms with E-state index in [0.717, 1.165) is 20.9 Å². The van der Waals surface area contributed by atoms with Crippen LogP contribution in [0.15, 0.2) is 57.3 Å². The van der Waals surface area contributed by atoms with Gasteiger partial charge in [-0.3, -0.25) is 4.79 Å². The first kappa shape index (κ1) is 24.8. The average molecular weight is 488 g/mol. The molecule has 0 aliphatic heterocycles. The Kier molecular flexibility index (Phi) is 7.81. The number of carboxylic acid groups (broad SMARTS) is 1. The van der Waals surface area contributed by atoms with Crippen LogP contribution in [0.3, 0.4) is 0 Å². The summed E-state index contributed by atoms with van der Waals surface area (Å²) < 4.78 is 34.0. The first-order valence-corrected chi connectivity index (χ1v) is 12.5. The Bertz CT molecular complexity index is 1310. The van der Waals surface area contributed by atoms with Gasteiger partial charge < -0.3 is 14.2 Å². The summed E-state index contributed by atoms with van der Waals surface area (Å²) in [5, 5.41) is 18.6. The topological polar surface area (TPSA) is 112 Å². The van der Waals surface area contributed by atoms with Crippen LogP contribution < -0.4 is 0 Å². The van der Waals surface area contributed by atoms with Crippen LogP contribution in [0.1, 0.15) is 23.7 Å². The number of nitriles is 1. The Labute approximate surface area is 197 Å². The molecule has 174 valence electrons. The minimum atomic E-state index is -3.64. The van der Waals surface area contributed by atoms with E-state index in [1.807, 2.05) is 6.92 Å². The summed E-state index contributed by atoms with van der Waals surface area (Å²) in [5.74, 6) is -0.943. The Balaban J connectivity index is 1.97. The molecule has 0 saturated carbocycles. The summed E-state index contributed by atoms with van der Waals surface area (Å²) in [7, 11) is -2.11. The predicted molar refractivity (Wildman–Crippen MR) is 125 cm³/mol. The van der Waals surface area contributed by atoms with E-state index in [4.69, 9.17) is 4.74 Å². The number of ether oxygens (including phenoxy) is 1. The van der Waals surface area contributed by atoms with Crippen LogP contribution in [0.25, 0.3) is 5.52 Å². The van der Waals surface area contributed by atoms with Gasteiger partial charge in [-0.15, -0.1) is 0 Å². The zero-order valence-corrected chi connectivity index (χ0v) is 20.2. The van der Waals surface area contributed by atoms with E-state index in [9.17, 15) is 23.6 Å². The molecule has 1 aromatic carbocycles. The molecule has 0 fully saturated rings. The minimum absolute atomic E-state index is 0.148. The lowest BCUT2D eigenvalue weighted by atomic mass is 10.2. The largest absolute Gasteiger partial charge is 0.481 e. The third kappa shape index (κ3) is 5.23. The van der Waals surface area contributed by atoms with Gasteiger partial charge in [0.05, 0.1) is 35.1 Å². The van der Waals surface area contributed by atoms with Crippen LogP contribution >= 0.6 is 11.8 Å². The molecule has 3 aromatic rings. The van der Waals surface area contributed by atoms with E-state index in [-0.39, 0.29) is 17.9 Å². The van der Waals surface area contributed by atoms with E-state index in [1.54, 1.807) is 53.9 Å². The second kappa shape index (κ2) is 10.4. The zero-order valence-electron chi connectivity index (χ0n) is 18.6. The molecule has 0 saturated heterocycles. The number of hydrogen-bond acceptors (Lipinski definition) is 6. The van der Waals surface area contributed by atoms with E-state index in [1.165, 1.54) is 23.2 Å². The molecule has 0 bridgehead atoms. The van der Waals surface area contributed by atoms with Gasteiger partial charge >= 0.3 is 5.97 Å². The van der Waals surface area contributed by atoms with Crippen molar-refractivity contribution in [1.82, 2.24) is 8.71 Å². The van der Waals surface area contributed by atoms with Gasteiger partial charge in [0.2, 0.25) is 10.0 Å². The zero-order chi connectivity index (χ0) is 24.2. The highest BCUT2D eigenvalue weighted by Gasteiger charge is 2.23. The van der Waals surface area contributed by atoms with Crippen LogP contribution in [0, 0.1) is 18.3 Å². The maximum absolute atomic E-state index is 12.9. The van der Waals surface area contributed by atoms with Crippen molar-refractivity contribution in [3.05, 3.63) is 59.4 Å². The summed E-state index contributed by atoms with van der Waals surface area (Å²) in [6, 6.07) is 12.1. The van der Waals surface area contributed by atoms with Crippen LogP contribution in [0.2, 0.25) is 0 Å². The van der Waals surface area contributed by atoms with Crippen molar-refractivity contribution >= 4 is 33.3 Å². The van der Waals surface area contributed by atoms with E-state index in [0.29, 0.717) is 24.4 Å². The van der Waals surface area contributed by atoms with Crippen LogP contribution in [0.4, 0.5) is 0 Å². The molecule has 33 heavy (non-hydrogen) atoms. The molecule has 3 rings (SSSR count). The quantitative estimate of drug-likeness (QED) is 0.465. The van der Waals surface area contributed by atoms with Crippen LogP contribution in [-0.2, 0) is 26.0 Å². The van der Waals surface area contributed by atoms with Crippen molar-refractivity contribution < 1.29 is 23.1 Å². The summed E-state index contributed by atoms with van der Waals surface area (Å²) in [5.41, 5.74) is 2.66. The summed E-state index contributed by atoms with van der Waals surface area (Å²) >= 11 is 1.41. The number of methoxy groups -OCH3 is 1. The number of aliphatic carboxylic acids is 1. The Morgan fingerprint density at radius 1 is 1.27 bits per heavy atom. The number of hydrogen-bond donors (Lipinski definition) is 1. The predicted octanol–water partition coefficient (Wildman–Crippen LogP) is 3.55. The van der Waals surface area contributed by atoms with Crippen molar-refractivity contribution in [3.8, 4) is 6.07 Å². The number of rotatable bonds is 10. The van der Waals surface area contributed by atoms with E-state index < -0.39 is 16.0 Å². The average Bonchev–Trinajstić information content (AvgIpc) is 3.04. The minimum Gasteiger partial charge on any atom is -0.481 e. The molecule has 0 radical (unpaired) electrons. The fraction of sp³-hybridized carbons (Fsp3) is 0.304. The summed E-state index contributed by atoms with van der Waals surface area (Å²) in [4.78, 5) is 13.2. The Morgan fingerprint density at radius 2 is 1.97 bits per heavy atom. The number of carbonyl (C=O) groups is 1. The number of aromatic nitrogens is 1. The fourth-order valence-corrected chi connectivity index (χ4v) is 6.04. The second-order valence-electron chi connectivity index (χ2n) is 7.32. The fourth-order valence-electron chi connectivity index (χ4n) is 3.56. The molecule has 2 aromatic heterocycles. The summed E-state index contributed by atoms with van der Waals surface area (Å²) in [6.07, 6.45) is 1.56. The maximum Gasteiger partial charge on any atom is 0.309 e. The molecule has 0 aliphatic carbocycles. The third-order valence-corrected chi connectivity index (χ3v) is 8.49. The lowest BCUT2D eigenvalue weighted by Gasteiger charge is -2.20.